The number of nitrogens with zero attached hydrogens (tertiary/aromatic N) is 1. The summed E-state index contributed by atoms with van der Waals surface area (Å²) in [5.41, 5.74) is -0.0424. The van der Waals surface area contributed by atoms with Gasteiger partial charge in [-0.1, -0.05) is 0 Å². The van der Waals surface area contributed by atoms with Crippen LogP contribution in [0.1, 0.15) is 29.6 Å². The molecule has 2 bridgehead atoms. The Balaban J connectivity index is 1.79. The first-order chi connectivity index (χ1) is 9.13. The Labute approximate surface area is 110 Å². The summed E-state index contributed by atoms with van der Waals surface area (Å²) in [5.74, 6) is -1.79. The molecule has 1 amide bonds. The molecular weight excluding hydrogens is 250 g/mol. The Hall–Kier alpha value is -1.49. The third-order valence-corrected chi connectivity index (χ3v) is 3.97. The molecule has 1 aromatic carbocycles. The standard InChI is InChI=1S/C14H16F2N2O/c15-9-1-4-12(13(16)7-9)14(19)18-6-5-10-2-3-11(8-18)17-10/h1,4,7,10-11,17H,2-3,5-6,8H2. The quantitative estimate of drug-likeness (QED) is 0.842. The average molecular weight is 266 g/mol. The van der Waals surface area contributed by atoms with Crippen LogP contribution < -0.4 is 5.32 Å². The first-order valence-electron chi connectivity index (χ1n) is 6.64. The zero-order chi connectivity index (χ0) is 13.4. The lowest BCUT2D eigenvalue weighted by Crippen LogP contribution is -2.39. The molecule has 5 heteroatoms. The molecule has 2 fully saturated rings. The molecule has 2 unspecified atom stereocenters. The molecule has 19 heavy (non-hydrogen) atoms. The normalized spacial score (nSPS) is 26.3. The largest absolute Gasteiger partial charge is 0.337 e. The Morgan fingerprint density at radius 2 is 2.00 bits per heavy atom. The van der Waals surface area contributed by atoms with Gasteiger partial charge in [-0.05, 0) is 31.4 Å². The van der Waals surface area contributed by atoms with Crippen LogP contribution in [0, 0.1) is 11.6 Å². The van der Waals surface area contributed by atoms with Gasteiger partial charge in [-0.15, -0.1) is 0 Å². The van der Waals surface area contributed by atoms with Gasteiger partial charge < -0.3 is 10.2 Å². The molecule has 2 saturated heterocycles. The molecule has 0 saturated carbocycles. The second-order valence-electron chi connectivity index (χ2n) is 5.30. The van der Waals surface area contributed by atoms with Gasteiger partial charge in [0, 0.05) is 31.2 Å². The molecule has 0 aliphatic carbocycles. The van der Waals surface area contributed by atoms with Crippen LogP contribution in [0.3, 0.4) is 0 Å². The van der Waals surface area contributed by atoms with E-state index < -0.39 is 11.6 Å². The van der Waals surface area contributed by atoms with Gasteiger partial charge in [-0.25, -0.2) is 8.78 Å². The van der Waals surface area contributed by atoms with E-state index in [1.807, 2.05) is 0 Å². The molecule has 3 nitrogen and oxygen atoms in total. The highest BCUT2D eigenvalue weighted by atomic mass is 19.1. The number of amides is 1. The van der Waals surface area contributed by atoms with Crippen LogP contribution >= 0.6 is 0 Å². The predicted octanol–water partition coefficient (Wildman–Crippen LogP) is 1.93. The van der Waals surface area contributed by atoms with Crippen molar-refractivity contribution in [3.8, 4) is 0 Å². The molecule has 0 aromatic heterocycles. The summed E-state index contributed by atoms with van der Waals surface area (Å²) >= 11 is 0. The molecule has 0 spiro atoms. The number of halogens is 2. The SMILES string of the molecule is O=C(c1ccc(F)cc1F)N1CCC2CCC(C1)N2. The van der Waals surface area contributed by atoms with Gasteiger partial charge in [0.1, 0.15) is 11.6 Å². The fourth-order valence-electron chi connectivity index (χ4n) is 2.96. The number of rotatable bonds is 1. The molecular formula is C14H16F2N2O. The Bertz CT molecular complexity index is 506. The predicted molar refractivity (Wildman–Crippen MR) is 66.8 cm³/mol. The Morgan fingerprint density at radius 3 is 2.79 bits per heavy atom. The highest BCUT2D eigenvalue weighted by molar-refractivity contribution is 5.94. The van der Waals surface area contributed by atoms with Crippen LogP contribution in [0.25, 0.3) is 0 Å². The van der Waals surface area contributed by atoms with Gasteiger partial charge in [0.25, 0.3) is 5.91 Å². The third kappa shape index (κ3) is 2.47. The first-order valence-corrected chi connectivity index (χ1v) is 6.64. The summed E-state index contributed by atoms with van der Waals surface area (Å²) in [5, 5.41) is 3.47. The summed E-state index contributed by atoms with van der Waals surface area (Å²) in [7, 11) is 0. The monoisotopic (exact) mass is 266 g/mol. The van der Waals surface area contributed by atoms with Gasteiger partial charge >= 0.3 is 0 Å². The van der Waals surface area contributed by atoms with Gasteiger partial charge in [0.05, 0.1) is 5.56 Å². The van der Waals surface area contributed by atoms with Crippen LogP contribution in [0.4, 0.5) is 8.78 Å². The highest BCUT2D eigenvalue weighted by Crippen LogP contribution is 2.22. The Kier molecular flexibility index (Phi) is 3.22. The van der Waals surface area contributed by atoms with Crippen LogP contribution in [0.15, 0.2) is 18.2 Å². The number of hydrogen-bond donors (Lipinski definition) is 1. The lowest BCUT2D eigenvalue weighted by molar-refractivity contribution is 0.0743. The maximum atomic E-state index is 13.6. The maximum absolute atomic E-state index is 13.6. The second kappa shape index (κ2) is 4.89. The highest BCUT2D eigenvalue weighted by Gasteiger charge is 2.32. The van der Waals surface area contributed by atoms with Gasteiger partial charge in [-0.3, -0.25) is 4.79 Å². The van der Waals surface area contributed by atoms with Crippen LogP contribution in [0.5, 0.6) is 0 Å². The minimum atomic E-state index is -0.785. The Morgan fingerprint density at radius 1 is 1.21 bits per heavy atom. The van der Waals surface area contributed by atoms with Crippen LogP contribution in [0.2, 0.25) is 0 Å². The van der Waals surface area contributed by atoms with Gasteiger partial charge in [0.2, 0.25) is 0 Å². The minimum absolute atomic E-state index is 0.0424. The van der Waals surface area contributed by atoms with E-state index in [4.69, 9.17) is 0 Å². The lowest BCUT2D eigenvalue weighted by Gasteiger charge is -2.24. The van der Waals surface area contributed by atoms with Crippen LogP contribution in [-0.4, -0.2) is 36.0 Å². The molecule has 2 aliphatic rings. The molecule has 1 aromatic rings. The minimum Gasteiger partial charge on any atom is -0.337 e. The summed E-state index contributed by atoms with van der Waals surface area (Å²) in [6.45, 7) is 1.23. The first kappa shape index (κ1) is 12.5. The molecule has 2 atom stereocenters. The molecule has 2 heterocycles. The molecule has 1 N–H and O–H groups in total. The third-order valence-electron chi connectivity index (χ3n) is 3.97. The maximum Gasteiger partial charge on any atom is 0.256 e. The number of benzene rings is 1. The van der Waals surface area contributed by atoms with Crippen molar-refractivity contribution in [2.75, 3.05) is 13.1 Å². The van der Waals surface area contributed by atoms with Crippen molar-refractivity contribution in [3.05, 3.63) is 35.4 Å². The summed E-state index contributed by atoms with van der Waals surface area (Å²) < 4.78 is 26.5. The zero-order valence-electron chi connectivity index (χ0n) is 10.5. The number of carbonyl (C=O) groups excluding carboxylic acids is 1. The van der Waals surface area contributed by atoms with Crippen molar-refractivity contribution in [2.45, 2.75) is 31.3 Å². The number of hydrogen-bond acceptors (Lipinski definition) is 2. The van der Waals surface area contributed by atoms with Gasteiger partial charge in [-0.2, -0.15) is 0 Å². The molecule has 0 radical (unpaired) electrons. The summed E-state index contributed by atoms with van der Waals surface area (Å²) in [6.07, 6.45) is 3.10. The van der Waals surface area contributed by atoms with E-state index in [0.29, 0.717) is 25.2 Å². The smallest absolute Gasteiger partial charge is 0.256 e. The van der Waals surface area contributed by atoms with Crippen molar-refractivity contribution in [3.63, 3.8) is 0 Å². The number of carbonyl (C=O) groups is 1. The molecule has 102 valence electrons. The number of fused-ring (bicyclic) bond motifs is 2. The van der Waals surface area contributed by atoms with Crippen molar-refractivity contribution in [1.82, 2.24) is 10.2 Å². The van der Waals surface area contributed by atoms with Gasteiger partial charge in [0.15, 0.2) is 0 Å². The zero-order valence-corrected chi connectivity index (χ0v) is 10.5. The van der Waals surface area contributed by atoms with E-state index >= 15 is 0 Å². The van der Waals surface area contributed by atoms with Crippen molar-refractivity contribution >= 4 is 5.91 Å². The van der Waals surface area contributed by atoms with E-state index in [9.17, 15) is 13.6 Å². The topological polar surface area (TPSA) is 32.3 Å². The van der Waals surface area contributed by atoms with E-state index in [1.165, 1.54) is 6.07 Å². The fourth-order valence-corrected chi connectivity index (χ4v) is 2.96. The number of nitrogens with one attached hydrogen (secondary N) is 1. The summed E-state index contributed by atoms with van der Waals surface area (Å²) in [6, 6.07) is 3.89. The van der Waals surface area contributed by atoms with Crippen molar-refractivity contribution in [1.29, 1.82) is 0 Å². The van der Waals surface area contributed by atoms with E-state index in [2.05, 4.69) is 5.32 Å². The van der Waals surface area contributed by atoms with Crippen LogP contribution in [-0.2, 0) is 0 Å². The van der Waals surface area contributed by atoms with Crippen molar-refractivity contribution < 1.29 is 13.6 Å². The molecule has 3 rings (SSSR count). The van der Waals surface area contributed by atoms with Crippen molar-refractivity contribution in [2.24, 2.45) is 0 Å². The average Bonchev–Trinajstić information content (AvgIpc) is 2.68. The fraction of sp³-hybridized carbons (Fsp3) is 0.500. The second-order valence-corrected chi connectivity index (χ2v) is 5.30. The van der Waals surface area contributed by atoms with E-state index in [0.717, 1.165) is 31.4 Å². The van der Waals surface area contributed by atoms with E-state index in [-0.39, 0.29) is 11.5 Å². The molecule has 2 aliphatic heterocycles. The summed E-state index contributed by atoms with van der Waals surface area (Å²) in [4.78, 5) is 14.0. The lowest BCUT2D eigenvalue weighted by atomic mass is 10.1. The number of likely N-dealkylation sites (tertiary alicyclic amines) is 1. The van der Waals surface area contributed by atoms with E-state index in [1.54, 1.807) is 4.90 Å².